The first kappa shape index (κ1) is 13.6. The molecule has 1 aliphatic rings. The number of fused-ring (bicyclic) bond motifs is 1. The Balaban J connectivity index is 1.87. The van der Waals surface area contributed by atoms with E-state index in [0.29, 0.717) is 12.3 Å². The van der Waals surface area contributed by atoms with Gasteiger partial charge >= 0.3 is 0 Å². The number of benzene rings is 1. The lowest BCUT2D eigenvalue weighted by Crippen LogP contribution is -2.42. The van der Waals surface area contributed by atoms with E-state index < -0.39 is 5.60 Å². The highest BCUT2D eigenvalue weighted by Crippen LogP contribution is 2.38. The Morgan fingerprint density at radius 2 is 2.05 bits per heavy atom. The summed E-state index contributed by atoms with van der Waals surface area (Å²) in [6.45, 7) is 2.19. The number of aromatic nitrogens is 1. The molecule has 1 N–H and O–H groups in total. The van der Waals surface area contributed by atoms with Crippen molar-refractivity contribution < 1.29 is 5.11 Å². The van der Waals surface area contributed by atoms with E-state index in [4.69, 9.17) is 4.98 Å². The second kappa shape index (κ2) is 5.53. The van der Waals surface area contributed by atoms with Gasteiger partial charge in [-0.05, 0) is 30.9 Å². The van der Waals surface area contributed by atoms with E-state index in [1.165, 1.54) is 11.8 Å². The minimum atomic E-state index is -0.553. The van der Waals surface area contributed by atoms with E-state index in [2.05, 4.69) is 25.1 Å². The van der Waals surface area contributed by atoms with Crippen LogP contribution in [0.25, 0.3) is 10.9 Å². The van der Waals surface area contributed by atoms with Crippen LogP contribution in [0.1, 0.15) is 44.7 Å². The van der Waals surface area contributed by atoms with Gasteiger partial charge in [0.25, 0.3) is 0 Å². The largest absolute Gasteiger partial charge is 0.389 e. The van der Waals surface area contributed by atoms with Gasteiger partial charge in [0.2, 0.25) is 0 Å². The van der Waals surface area contributed by atoms with E-state index in [-0.39, 0.29) is 0 Å². The summed E-state index contributed by atoms with van der Waals surface area (Å²) in [5, 5.41) is 12.2. The smallest absolute Gasteiger partial charge is 0.0730 e. The van der Waals surface area contributed by atoms with E-state index in [9.17, 15) is 5.11 Å². The van der Waals surface area contributed by atoms with Crippen LogP contribution in [0.3, 0.4) is 0 Å². The van der Waals surface area contributed by atoms with E-state index in [0.717, 1.165) is 36.9 Å². The highest BCUT2D eigenvalue weighted by atomic mass is 16.3. The summed E-state index contributed by atoms with van der Waals surface area (Å²) in [5.41, 5.74) is 1.49. The molecular weight excluding hydrogens is 246 g/mol. The quantitative estimate of drug-likeness (QED) is 0.909. The lowest BCUT2D eigenvalue weighted by atomic mass is 9.72. The Morgan fingerprint density at radius 1 is 1.20 bits per heavy atom. The fraction of sp³-hybridized carbons (Fsp3) is 0.500. The first-order valence-corrected chi connectivity index (χ1v) is 7.78. The molecule has 2 atom stereocenters. The van der Waals surface area contributed by atoms with Crippen LogP contribution in [-0.4, -0.2) is 15.7 Å². The molecule has 0 aliphatic heterocycles. The standard InChI is InChI=1S/C18H23NO/c1-2-15-8-5-6-12-18(15,20)13-16-11-10-14-7-3-4-9-17(14)19-16/h3-4,7,9-11,15,20H,2,5-6,8,12-13H2,1H3. The number of pyridine rings is 1. The van der Waals surface area contributed by atoms with Crippen LogP contribution in [0.15, 0.2) is 36.4 Å². The van der Waals surface area contributed by atoms with Crippen LogP contribution >= 0.6 is 0 Å². The van der Waals surface area contributed by atoms with E-state index >= 15 is 0 Å². The van der Waals surface area contributed by atoms with Gasteiger partial charge in [-0.25, -0.2) is 0 Å². The monoisotopic (exact) mass is 269 g/mol. The van der Waals surface area contributed by atoms with E-state index in [1.807, 2.05) is 18.2 Å². The Hall–Kier alpha value is -1.41. The maximum absolute atomic E-state index is 11.0. The van der Waals surface area contributed by atoms with Crippen LogP contribution in [0.2, 0.25) is 0 Å². The predicted octanol–water partition coefficient (Wildman–Crippen LogP) is 4.11. The average Bonchev–Trinajstić information content (AvgIpc) is 2.47. The molecule has 1 aromatic carbocycles. The molecule has 1 fully saturated rings. The topological polar surface area (TPSA) is 33.1 Å². The second-order valence-corrected chi connectivity index (χ2v) is 6.13. The lowest BCUT2D eigenvalue weighted by molar-refractivity contribution is -0.0497. The van der Waals surface area contributed by atoms with E-state index in [1.54, 1.807) is 0 Å². The molecule has 1 saturated carbocycles. The van der Waals surface area contributed by atoms with Crippen LogP contribution in [0.4, 0.5) is 0 Å². The zero-order chi connectivity index (χ0) is 14.0. The summed E-state index contributed by atoms with van der Waals surface area (Å²) in [7, 11) is 0. The van der Waals surface area contributed by atoms with Gasteiger partial charge in [0, 0.05) is 17.5 Å². The molecule has 1 aliphatic carbocycles. The third-order valence-electron chi connectivity index (χ3n) is 4.81. The Kier molecular flexibility index (Phi) is 3.75. The average molecular weight is 269 g/mol. The molecule has 0 amide bonds. The summed E-state index contributed by atoms with van der Waals surface area (Å²) in [4.78, 5) is 4.72. The Labute approximate surface area is 120 Å². The molecule has 106 valence electrons. The molecule has 1 aromatic heterocycles. The number of aliphatic hydroxyl groups is 1. The number of para-hydroxylation sites is 1. The van der Waals surface area contributed by atoms with Gasteiger partial charge in [0.05, 0.1) is 11.1 Å². The highest BCUT2D eigenvalue weighted by molar-refractivity contribution is 5.78. The minimum Gasteiger partial charge on any atom is -0.389 e. The zero-order valence-corrected chi connectivity index (χ0v) is 12.2. The molecule has 1 heterocycles. The molecule has 2 unspecified atom stereocenters. The Bertz CT molecular complexity index is 595. The predicted molar refractivity (Wildman–Crippen MR) is 82.6 cm³/mol. The summed E-state index contributed by atoms with van der Waals surface area (Å²) in [6.07, 6.45) is 6.22. The first-order chi connectivity index (χ1) is 9.71. The van der Waals surface area contributed by atoms with Gasteiger partial charge in [0.1, 0.15) is 0 Å². The van der Waals surface area contributed by atoms with Crippen LogP contribution < -0.4 is 0 Å². The van der Waals surface area contributed by atoms with Gasteiger partial charge in [-0.2, -0.15) is 0 Å². The molecule has 2 nitrogen and oxygen atoms in total. The molecule has 0 radical (unpaired) electrons. The molecular formula is C18H23NO. The van der Waals surface area contributed by atoms with Crippen molar-refractivity contribution in [3.05, 3.63) is 42.1 Å². The van der Waals surface area contributed by atoms with Gasteiger partial charge < -0.3 is 5.11 Å². The zero-order valence-electron chi connectivity index (χ0n) is 12.2. The van der Waals surface area contributed by atoms with Crippen molar-refractivity contribution in [3.63, 3.8) is 0 Å². The third-order valence-corrected chi connectivity index (χ3v) is 4.81. The highest BCUT2D eigenvalue weighted by Gasteiger charge is 2.38. The van der Waals surface area contributed by atoms with Crippen molar-refractivity contribution in [1.82, 2.24) is 4.98 Å². The van der Waals surface area contributed by atoms with Gasteiger partial charge in [-0.3, -0.25) is 4.98 Å². The van der Waals surface area contributed by atoms with Crippen LogP contribution in [0.5, 0.6) is 0 Å². The summed E-state index contributed by atoms with van der Waals surface area (Å²) < 4.78 is 0. The number of hydrogen-bond donors (Lipinski definition) is 1. The maximum Gasteiger partial charge on any atom is 0.0730 e. The van der Waals surface area contributed by atoms with Crippen molar-refractivity contribution in [2.24, 2.45) is 5.92 Å². The molecule has 0 bridgehead atoms. The molecule has 3 rings (SSSR count). The minimum absolute atomic E-state index is 0.421. The van der Waals surface area contributed by atoms with Crippen molar-refractivity contribution in [1.29, 1.82) is 0 Å². The molecule has 0 spiro atoms. The van der Waals surface area contributed by atoms with Crippen molar-refractivity contribution in [2.45, 2.75) is 51.0 Å². The fourth-order valence-electron chi connectivity index (χ4n) is 3.63. The number of rotatable bonds is 3. The summed E-state index contributed by atoms with van der Waals surface area (Å²) >= 11 is 0. The van der Waals surface area contributed by atoms with Gasteiger partial charge in [0.15, 0.2) is 0 Å². The normalized spacial score (nSPS) is 26.8. The van der Waals surface area contributed by atoms with Crippen molar-refractivity contribution in [2.75, 3.05) is 0 Å². The van der Waals surface area contributed by atoms with Gasteiger partial charge in [-0.1, -0.05) is 50.5 Å². The fourth-order valence-corrected chi connectivity index (χ4v) is 3.63. The summed E-state index contributed by atoms with van der Waals surface area (Å²) in [6, 6.07) is 12.4. The molecule has 2 heteroatoms. The summed E-state index contributed by atoms with van der Waals surface area (Å²) in [5.74, 6) is 0.421. The lowest BCUT2D eigenvalue weighted by Gasteiger charge is -2.39. The van der Waals surface area contributed by atoms with Crippen molar-refractivity contribution in [3.8, 4) is 0 Å². The Morgan fingerprint density at radius 3 is 2.90 bits per heavy atom. The third kappa shape index (κ3) is 2.57. The SMILES string of the molecule is CCC1CCCCC1(O)Cc1ccc2ccccc2n1. The van der Waals surface area contributed by atoms with Gasteiger partial charge in [-0.15, -0.1) is 0 Å². The number of nitrogens with zero attached hydrogens (tertiary/aromatic N) is 1. The molecule has 2 aromatic rings. The number of hydrogen-bond acceptors (Lipinski definition) is 2. The molecule has 20 heavy (non-hydrogen) atoms. The van der Waals surface area contributed by atoms with Crippen LogP contribution in [0, 0.1) is 5.92 Å². The van der Waals surface area contributed by atoms with Crippen molar-refractivity contribution >= 4 is 10.9 Å². The molecule has 0 saturated heterocycles. The maximum atomic E-state index is 11.0. The van der Waals surface area contributed by atoms with Crippen LogP contribution in [-0.2, 0) is 6.42 Å². The second-order valence-electron chi connectivity index (χ2n) is 6.13. The first-order valence-electron chi connectivity index (χ1n) is 7.78.